The van der Waals surface area contributed by atoms with Crippen LogP contribution in [0, 0.1) is 0 Å². The molecule has 0 radical (unpaired) electrons. The van der Waals surface area contributed by atoms with Crippen molar-refractivity contribution in [3.8, 4) is 11.1 Å². The molecule has 6 nitrogen and oxygen atoms in total. The highest BCUT2D eigenvalue weighted by molar-refractivity contribution is 6.31. The number of carbonyl (C=O) groups excluding carboxylic acids is 1. The van der Waals surface area contributed by atoms with Gasteiger partial charge >= 0.3 is 0 Å². The van der Waals surface area contributed by atoms with Crippen LogP contribution in [0.2, 0.25) is 5.02 Å². The van der Waals surface area contributed by atoms with Gasteiger partial charge in [0.15, 0.2) is 0 Å². The monoisotopic (exact) mass is 472 g/mol. The van der Waals surface area contributed by atoms with Crippen molar-refractivity contribution in [3.63, 3.8) is 0 Å². The first-order chi connectivity index (χ1) is 16.6. The van der Waals surface area contributed by atoms with Gasteiger partial charge in [-0.1, -0.05) is 23.7 Å². The summed E-state index contributed by atoms with van der Waals surface area (Å²) in [7, 11) is 0. The first kappa shape index (κ1) is 21.2. The molecule has 0 spiro atoms. The van der Waals surface area contributed by atoms with Crippen LogP contribution in [0.25, 0.3) is 22.0 Å². The number of hydrogen-bond acceptors (Lipinski definition) is 5. The minimum Gasteiger partial charge on any atom is -0.469 e. The van der Waals surface area contributed by atoms with Crippen LogP contribution in [0.3, 0.4) is 0 Å². The Bertz CT molecular complexity index is 1350. The van der Waals surface area contributed by atoms with Crippen molar-refractivity contribution in [2.24, 2.45) is 0 Å². The summed E-state index contributed by atoms with van der Waals surface area (Å²) in [5.41, 5.74) is 3.98. The molecule has 1 N–H and O–H groups in total. The van der Waals surface area contributed by atoms with Crippen molar-refractivity contribution < 1.29 is 9.21 Å². The smallest absolute Gasteiger partial charge is 0.230 e. The maximum absolute atomic E-state index is 13.0. The first-order valence-corrected chi connectivity index (χ1v) is 12.1. The van der Waals surface area contributed by atoms with Gasteiger partial charge in [0.1, 0.15) is 17.9 Å². The average Bonchev–Trinajstić information content (AvgIpc) is 3.78. The Morgan fingerprint density at radius 3 is 2.65 bits per heavy atom. The third-order valence-corrected chi connectivity index (χ3v) is 6.86. The predicted molar refractivity (Wildman–Crippen MR) is 133 cm³/mol. The van der Waals surface area contributed by atoms with Gasteiger partial charge in [0, 0.05) is 29.0 Å². The van der Waals surface area contributed by atoms with Gasteiger partial charge in [0.25, 0.3) is 0 Å². The van der Waals surface area contributed by atoms with Crippen LogP contribution in [0.4, 0.5) is 5.82 Å². The first-order valence-electron chi connectivity index (χ1n) is 11.8. The molecule has 34 heavy (non-hydrogen) atoms. The zero-order valence-electron chi connectivity index (χ0n) is 18.7. The van der Waals surface area contributed by atoms with Gasteiger partial charge in [0.05, 0.1) is 18.2 Å². The van der Waals surface area contributed by atoms with Crippen LogP contribution in [-0.4, -0.2) is 32.9 Å². The van der Waals surface area contributed by atoms with Crippen molar-refractivity contribution >= 4 is 34.2 Å². The van der Waals surface area contributed by atoms with E-state index in [1.54, 1.807) is 12.6 Å². The molecule has 172 valence electrons. The summed E-state index contributed by atoms with van der Waals surface area (Å²) < 4.78 is 5.39. The van der Waals surface area contributed by atoms with Crippen LogP contribution in [-0.2, 0) is 17.8 Å². The Labute approximate surface area is 203 Å². The molecule has 2 aromatic heterocycles. The lowest BCUT2D eigenvalue weighted by molar-refractivity contribution is -0.131. The molecule has 0 aliphatic heterocycles. The van der Waals surface area contributed by atoms with Crippen molar-refractivity contribution in [1.82, 2.24) is 14.9 Å². The molecule has 7 heteroatoms. The van der Waals surface area contributed by atoms with Crippen molar-refractivity contribution in [1.29, 1.82) is 0 Å². The summed E-state index contributed by atoms with van der Waals surface area (Å²) in [6.45, 7) is 0.488. The fraction of sp³-hybridized carbons (Fsp3) is 0.296. The lowest BCUT2D eigenvalue weighted by Gasteiger charge is -2.23. The molecule has 2 aliphatic rings. The van der Waals surface area contributed by atoms with Gasteiger partial charge in [-0.15, -0.1) is 0 Å². The molecule has 2 aromatic carbocycles. The quantitative estimate of drug-likeness (QED) is 0.348. The Balaban J connectivity index is 1.29. The molecule has 0 unspecified atom stereocenters. The van der Waals surface area contributed by atoms with E-state index in [2.05, 4.69) is 33.5 Å². The van der Waals surface area contributed by atoms with E-state index in [1.165, 1.54) is 12.8 Å². The Hall–Kier alpha value is -3.38. The van der Waals surface area contributed by atoms with Gasteiger partial charge < -0.3 is 14.6 Å². The molecule has 2 saturated carbocycles. The summed E-state index contributed by atoms with van der Waals surface area (Å²) >= 11 is 6.60. The zero-order valence-corrected chi connectivity index (χ0v) is 19.5. The maximum Gasteiger partial charge on any atom is 0.230 e. The number of carbonyl (C=O) groups is 1. The standard InChI is InChI=1S/C27H25ClN4O2/c28-24-9-3-17(18-4-10-25-23(13-18)27(30-16-29-25)31-20-5-6-20)12-19(24)15-32(21-7-8-21)26(33)14-22-2-1-11-34-22/h1-4,9-13,16,20-21H,5-8,14-15H2,(H,29,30,31). The van der Waals surface area contributed by atoms with Gasteiger partial charge in [-0.3, -0.25) is 4.79 Å². The van der Waals surface area contributed by atoms with Gasteiger partial charge in [-0.05, 0) is 78.8 Å². The number of amides is 1. The highest BCUT2D eigenvalue weighted by Gasteiger charge is 2.33. The molecule has 2 fully saturated rings. The van der Waals surface area contributed by atoms with Gasteiger partial charge in [-0.2, -0.15) is 0 Å². The highest BCUT2D eigenvalue weighted by atomic mass is 35.5. The van der Waals surface area contributed by atoms with E-state index in [0.717, 1.165) is 46.3 Å². The minimum atomic E-state index is 0.0672. The average molecular weight is 473 g/mol. The van der Waals surface area contributed by atoms with Crippen LogP contribution < -0.4 is 5.32 Å². The number of aromatic nitrogens is 2. The second-order valence-corrected chi connectivity index (χ2v) is 9.60. The third kappa shape index (κ3) is 4.50. The van der Waals surface area contributed by atoms with E-state index < -0.39 is 0 Å². The fourth-order valence-corrected chi connectivity index (χ4v) is 4.48. The summed E-state index contributed by atoms with van der Waals surface area (Å²) in [6.07, 6.45) is 7.90. The van der Waals surface area contributed by atoms with Crippen molar-refractivity contribution in [2.75, 3.05) is 5.32 Å². The number of anilines is 1. The minimum absolute atomic E-state index is 0.0672. The molecule has 4 aromatic rings. The number of furan rings is 1. The summed E-state index contributed by atoms with van der Waals surface area (Å²) in [5.74, 6) is 1.63. The normalized spacial score (nSPS) is 15.4. The molecule has 2 heterocycles. The summed E-state index contributed by atoms with van der Waals surface area (Å²) in [4.78, 5) is 23.9. The largest absolute Gasteiger partial charge is 0.469 e. The lowest BCUT2D eigenvalue weighted by Crippen LogP contribution is -2.33. The highest BCUT2D eigenvalue weighted by Crippen LogP contribution is 2.34. The second-order valence-electron chi connectivity index (χ2n) is 9.19. The van der Waals surface area contributed by atoms with Gasteiger partial charge in [0.2, 0.25) is 5.91 Å². The van der Waals surface area contributed by atoms with Gasteiger partial charge in [-0.25, -0.2) is 9.97 Å². The zero-order chi connectivity index (χ0) is 23.1. The SMILES string of the molecule is O=C(Cc1ccco1)N(Cc1cc(-c2ccc3ncnc(NC4CC4)c3c2)ccc1Cl)C1CC1. The number of nitrogens with zero attached hydrogens (tertiary/aromatic N) is 3. The van der Waals surface area contributed by atoms with Crippen molar-refractivity contribution in [2.45, 2.75) is 50.7 Å². The number of fused-ring (bicyclic) bond motifs is 1. The number of halogens is 1. The molecular formula is C27H25ClN4O2. The molecular weight excluding hydrogens is 448 g/mol. The third-order valence-electron chi connectivity index (χ3n) is 6.49. The number of rotatable bonds is 8. The van der Waals surface area contributed by atoms with Crippen LogP contribution >= 0.6 is 11.6 Å². The molecule has 2 aliphatic carbocycles. The molecule has 6 rings (SSSR count). The van der Waals surface area contributed by atoms with E-state index in [1.807, 2.05) is 35.2 Å². The van der Waals surface area contributed by atoms with Crippen molar-refractivity contribution in [3.05, 3.63) is 77.5 Å². The summed E-state index contributed by atoms with van der Waals surface area (Å²) in [5, 5.41) is 5.19. The molecule has 1 amide bonds. The number of benzene rings is 2. The van der Waals surface area contributed by atoms with E-state index in [0.29, 0.717) is 23.4 Å². The van der Waals surface area contributed by atoms with Crippen LogP contribution in [0.1, 0.15) is 37.0 Å². The van der Waals surface area contributed by atoms with E-state index in [4.69, 9.17) is 16.0 Å². The topological polar surface area (TPSA) is 71.3 Å². The number of hydrogen-bond donors (Lipinski definition) is 1. The van der Waals surface area contributed by atoms with E-state index >= 15 is 0 Å². The molecule has 0 atom stereocenters. The summed E-state index contributed by atoms with van der Waals surface area (Å²) in [6, 6.07) is 16.7. The Morgan fingerprint density at radius 2 is 1.88 bits per heavy atom. The lowest BCUT2D eigenvalue weighted by atomic mass is 10.0. The number of nitrogens with one attached hydrogen (secondary N) is 1. The molecule has 0 saturated heterocycles. The van der Waals surface area contributed by atoms with Crippen LogP contribution in [0.5, 0.6) is 0 Å². The van der Waals surface area contributed by atoms with Crippen LogP contribution in [0.15, 0.2) is 65.5 Å². The Kier molecular flexibility index (Phi) is 5.46. The fourth-order valence-electron chi connectivity index (χ4n) is 4.30. The maximum atomic E-state index is 13.0. The predicted octanol–water partition coefficient (Wildman–Crippen LogP) is 5.85. The Morgan fingerprint density at radius 1 is 1.06 bits per heavy atom. The van der Waals surface area contributed by atoms with E-state index in [9.17, 15) is 4.79 Å². The van der Waals surface area contributed by atoms with E-state index in [-0.39, 0.29) is 18.4 Å². The molecule has 0 bridgehead atoms. The second kappa shape index (κ2) is 8.76.